The fourth-order valence-electron chi connectivity index (χ4n) is 3.90. The first-order valence-corrected chi connectivity index (χ1v) is 11.3. The van der Waals surface area contributed by atoms with Gasteiger partial charge >= 0.3 is 18.3 Å². The van der Waals surface area contributed by atoms with Gasteiger partial charge < -0.3 is 14.5 Å². The molecule has 0 unspecified atom stereocenters. The van der Waals surface area contributed by atoms with Crippen LogP contribution in [-0.4, -0.2) is 45.5 Å². The third kappa shape index (κ3) is 8.73. The van der Waals surface area contributed by atoms with Gasteiger partial charge in [-0.3, -0.25) is 4.79 Å². The third-order valence-corrected chi connectivity index (χ3v) is 5.65. The molecule has 0 aliphatic carbocycles. The van der Waals surface area contributed by atoms with E-state index in [0.717, 1.165) is 9.80 Å². The summed E-state index contributed by atoms with van der Waals surface area (Å²) >= 11 is 0. The largest absolute Gasteiger partial charge is 0.427 e. The SMILES string of the molecule is CN(CC(F)(F)F)c1ccc(C(CC(=O)Oc2ccccc2)c2ccc(N(C)CC(F)(F)F)cc2)cc1. The number of nitrogens with zero attached hydrogens (tertiary/aromatic N) is 2. The molecule has 3 rings (SSSR count). The van der Waals surface area contributed by atoms with E-state index in [1.807, 2.05) is 0 Å². The topological polar surface area (TPSA) is 32.8 Å². The number of alkyl halides is 6. The molecule has 0 heterocycles. The van der Waals surface area contributed by atoms with Crippen LogP contribution in [-0.2, 0) is 4.79 Å². The first kappa shape index (κ1) is 27.9. The third-order valence-electron chi connectivity index (χ3n) is 5.65. The van der Waals surface area contributed by atoms with Crippen molar-refractivity contribution < 1.29 is 35.9 Å². The van der Waals surface area contributed by atoms with Gasteiger partial charge in [-0.15, -0.1) is 0 Å². The maximum absolute atomic E-state index is 12.8. The van der Waals surface area contributed by atoms with Crippen molar-refractivity contribution in [3.63, 3.8) is 0 Å². The molecule has 37 heavy (non-hydrogen) atoms. The molecule has 198 valence electrons. The lowest BCUT2D eigenvalue weighted by Crippen LogP contribution is -2.30. The molecule has 0 aliphatic rings. The number of benzene rings is 3. The molecule has 0 aliphatic heterocycles. The monoisotopic (exact) mass is 524 g/mol. The highest BCUT2D eigenvalue weighted by atomic mass is 19.4. The van der Waals surface area contributed by atoms with Crippen LogP contribution >= 0.6 is 0 Å². The Hall–Kier alpha value is -3.69. The van der Waals surface area contributed by atoms with Crippen molar-refractivity contribution in [3.05, 3.63) is 90.0 Å². The summed E-state index contributed by atoms with van der Waals surface area (Å²) in [5.74, 6) is -0.715. The van der Waals surface area contributed by atoms with Crippen molar-refractivity contribution in [1.82, 2.24) is 0 Å². The molecular weight excluding hydrogens is 498 g/mol. The van der Waals surface area contributed by atoms with Gasteiger partial charge in [-0.1, -0.05) is 42.5 Å². The van der Waals surface area contributed by atoms with Crippen LogP contribution in [0.4, 0.5) is 37.7 Å². The standard InChI is InChI=1S/C27H26F6N2O2/c1-34(17-26(28,29)30)21-12-8-19(9-13-21)24(16-25(36)37-23-6-4-3-5-7-23)20-10-14-22(15-11-20)35(2)18-27(31,32)33/h3-15,24H,16-18H2,1-2H3. The minimum Gasteiger partial charge on any atom is -0.427 e. The van der Waals surface area contributed by atoms with E-state index in [9.17, 15) is 31.1 Å². The molecule has 0 N–H and O–H groups in total. The first-order chi connectivity index (χ1) is 17.3. The molecule has 0 radical (unpaired) electrons. The van der Waals surface area contributed by atoms with Crippen LogP contribution in [0.15, 0.2) is 78.9 Å². The molecule has 0 spiro atoms. The highest BCUT2D eigenvalue weighted by molar-refractivity contribution is 5.74. The second-order valence-electron chi connectivity index (χ2n) is 8.67. The van der Waals surface area contributed by atoms with Gasteiger partial charge in [-0.25, -0.2) is 0 Å². The van der Waals surface area contributed by atoms with Gasteiger partial charge in [0, 0.05) is 31.4 Å². The molecule has 4 nitrogen and oxygen atoms in total. The lowest BCUT2D eigenvalue weighted by molar-refractivity contribution is -0.134. The van der Waals surface area contributed by atoms with E-state index in [4.69, 9.17) is 4.74 Å². The molecule has 3 aromatic carbocycles. The van der Waals surface area contributed by atoms with Crippen molar-refractivity contribution in [3.8, 4) is 5.75 Å². The highest BCUT2D eigenvalue weighted by Gasteiger charge is 2.30. The van der Waals surface area contributed by atoms with Crippen LogP contribution in [0.2, 0.25) is 0 Å². The summed E-state index contributed by atoms with van der Waals surface area (Å²) in [5, 5.41) is 0. The smallest absolute Gasteiger partial charge is 0.405 e. The van der Waals surface area contributed by atoms with E-state index in [2.05, 4.69) is 0 Å². The fraction of sp³-hybridized carbons (Fsp3) is 0.296. The van der Waals surface area contributed by atoms with Crippen LogP contribution in [0.3, 0.4) is 0 Å². The van der Waals surface area contributed by atoms with E-state index in [1.165, 1.54) is 38.4 Å². The maximum Gasteiger partial charge on any atom is 0.405 e. The number of carbonyl (C=O) groups is 1. The van der Waals surface area contributed by atoms with E-state index in [1.54, 1.807) is 54.6 Å². The summed E-state index contributed by atoms with van der Waals surface area (Å²) in [7, 11) is 2.65. The number of rotatable bonds is 9. The van der Waals surface area contributed by atoms with Crippen LogP contribution in [0.25, 0.3) is 0 Å². The zero-order chi connectivity index (χ0) is 27.2. The molecule has 0 saturated heterocycles. The first-order valence-electron chi connectivity index (χ1n) is 11.3. The second kappa shape index (κ2) is 11.6. The molecule has 0 fully saturated rings. The number of carbonyl (C=O) groups excluding carboxylic acids is 1. The van der Waals surface area contributed by atoms with Crippen molar-refractivity contribution in [1.29, 1.82) is 0 Å². The molecule has 3 aromatic rings. The summed E-state index contributed by atoms with van der Waals surface area (Å²) in [4.78, 5) is 14.9. The van der Waals surface area contributed by atoms with Gasteiger partial charge in [-0.2, -0.15) is 26.3 Å². The Labute approximate surface area is 211 Å². The van der Waals surface area contributed by atoms with Gasteiger partial charge in [0.25, 0.3) is 0 Å². The number of halogens is 6. The lowest BCUT2D eigenvalue weighted by atomic mass is 9.88. The normalized spacial score (nSPS) is 11.9. The molecule has 10 heteroatoms. The van der Waals surface area contributed by atoms with Gasteiger partial charge in [0.15, 0.2) is 0 Å². The Bertz CT molecular complexity index is 1080. The van der Waals surface area contributed by atoms with E-state index in [0.29, 0.717) is 28.3 Å². The Kier molecular flexibility index (Phi) is 8.73. The van der Waals surface area contributed by atoms with E-state index >= 15 is 0 Å². The van der Waals surface area contributed by atoms with Gasteiger partial charge in [0.1, 0.15) is 18.8 Å². The highest BCUT2D eigenvalue weighted by Crippen LogP contribution is 2.32. The Morgan fingerprint density at radius 3 is 1.49 bits per heavy atom. The van der Waals surface area contributed by atoms with Gasteiger partial charge in [0.05, 0.1) is 6.42 Å². The average molecular weight is 525 g/mol. The van der Waals surface area contributed by atoms with Gasteiger partial charge in [-0.05, 0) is 47.5 Å². The van der Waals surface area contributed by atoms with E-state index in [-0.39, 0.29) is 6.42 Å². The predicted molar refractivity (Wildman–Crippen MR) is 130 cm³/mol. The number of para-hydroxylation sites is 1. The fourth-order valence-corrected chi connectivity index (χ4v) is 3.90. The van der Waals surface area contributed by atoms with Crippen LogP contribution in [0.5, 0.6) is 5.75 Å². The van der Waals surface area contributed by atoms with Crippen molar-refractivity contribution in [2.24, 2.45) is 0 Å². The molecule has 0 saturated carbocycles. The zero-order valence-corrected chi connectivity index (χ0v) is 20.2. The van der Waals surface area contributed by atoms with Crippen molar-refractivity contribution in [2.75, 3.05) is 37.0 Å². The predicted octanol–water partition coefficient (Wildman–Crippen LogP) is 6.81. The summed E-state index contributed by atoms with van der Waals surface area (Å²) in [6, 6.07) is 21.1. The van der Waals surface area contributed by atoms with Crippen molar-refractivity contribution >= 4 is 17.3 Å². The van der Waals surface area contributed by atoms with Crippen LogP contribution in [0, 0.1) is 0 Å². The average Bonchev–Trinajstić information content (AvgIpc) is 2.81. The molecule has 0 atom stereocenters. The number of hydrogen-bond donors (Lipinski definition) is 0. The number of esters is 1. The van der Waals surface area contributed by atoms with Crippen LogP contribution in [0.1, 0.15) is 23.5 Å². The second-order valence-corrected chi connectivity index (χ2v) is 8.67. The Balaban J connectivity index is 1.86. The minimum absolute atomic E-state index is 0.0929. The zero-order valence-electron chi connectivity index (χ0n) is 20.2. The van der Waals surface area contributed by atoms with Gasteiger partial charge in [0.2, 0.25) is 0 Å². The summed E-state index contributed by atoms with van der Waals surface area (Å²) in [6.45, 7) is -2.24. The molecule has 0 amide bonds. The number of anilines is 2. The Morgan fingerprint density at radius 2 is 1.11 bits per heavy atom. The number of hydrogen-bond acceptors (Lipinski definition) is 4. The quantitative estimate of drug-likeness (QED) is 0.175. The minimum atomic E-state index is -4.36. The van der Waals surface area contributed by atoms with Crippen LogP contribution < -0.4 is 14.5 Å². The lowest BCUT2D eigenvalue weighted by Gasteiger charge is -2.24. The maximum atomic E-state index is 12.8. The summed E-state index contributed by atoms with van der Waals surface area (Å²) in [6.07, 6.45) is -8.82. The van der Waals surface area contributed by atoms with Crippen molar-refractivity contribution in [2.45, 2.75) is 24.7 Å². The number of ether oxygens (including phenoxy) is 1. The Morgan fingerprint density at radius 1 is 0.703 bits per heavy atom. The molecule has 0 bridgehead atoms. The summed E-state index contributed by atoms with van der Waals surface area (Å²) < 4.78 is 82.0. The summed E-state index contributed by atoms with van der Waals surface area (Å²) in [5.41, 5.74) is 1.97. The molecule has 0 aromatic heterocycles. The van der Waals surface area contributed by atoms with E-state index < -0.39 is 37.3 Å². The molecular formula is C27H26F6N2O2.